The molecule has 9 heteroatoms. The maximum atomic E-state index is 12.1. The van der Waals surface area contributed by atoms with Crippen molar-refractivity contribution in [3.8, 4) is 33.6 Å². The Balaban J connectivity index is 1.57. The highest BCUT2D eigenvalue weighted by molar-refractivity contribution is 5.99. The zero-order valence-electron chi connectivity index (χ0n) is 23.7. The quantitative estimate of drug-likeness (QED) is 0.243. The fraction of sp³-hybridized carbons (Fsp3) is 0.258. The molecule has 0 saturated carbocycles. The number of H-pyrrole nitrogens is 1. The molecule has 3 heterocycles. The first-order valence-corrected chi connectivity index (χ1v) is 13.4. The van der Waals surface area contributed by atoms with Crippen molar-refractivity contribution in [1.82, 2.24) is 34.9 Å². The van der Waals surface area contributed by atoms with E-state index >= 15 is 0 Å². The van der Waals surface area contributed by atoms with Crippen LogP contribution in [0.4, 0.5) is 10.5 Å². The number of fused-ring (bicyclic) bond motifs is 1. The largest absolute Gasteiger partial charge is 0.339 e. The molecule has 206 valence electrons. The number of urea groups is 1. The third kappa shape index (κ3) is 5.90. The summed E-state index contributed by atoms with van der Waals surface area (Å²) >= 11 is 0. The summed E-state index contributed by atoms with van der Waals surface area (Å²) in [7, 11) is 9.51. The number of rotatable bonds is 9. The monoisotopic (exact) mass is 536 g/mol. The number of aromatic amines is 1. The number of benzene rings is 2. The van der Waals surface area contributed by atoms with Gasteiger partial charge in [0.15, 0.2) is 0 Å². The third-order valence-corrected chi connectivity index (χ3v) is 6.79. The van der Waals surface area contributed by atoms with Crippen LogP contribution in [0, 0.1) is 0 Å². The van der Waals surface area contributed by atoms with Gasteiger partial charge in [-0.05, 0) is 68.2 Å². The average Bonchev–Trinajstić information content (AvgIpc) is 3.57. The fourth-order valence-electron chi connectivity index (χ4n) is 4.67. The normalized spacial score (nSPS) is 11.3. The van der Waals surface area contributed by atoms with Crippen LogP contribution in [0.25, 0.3) is 44.7 Å². The van der Waals surface area contributed by atoms with Crippen molar-refractivity contribution in [1.29, 1.82) is 0 Å². The summed E-state index contributed by atoms with van der Waals surface area (Å²) in [5, 5.41) is 12.2. The molecule has 0 aliphatic rings. The second-order valence-electron chi connectivity index (χ2n) is 10.4. The second-order valence-corrected chi connectivity index (χ2v) is 10.4. The van der Waals surface area contributed by atoms with E-state index in [-0.39, 0.29) is 6.03 Å². The SMILES string of the molecule is CNCc1cccc(-c2cc3c(-c4cn(CCN(C)C)nc4-c4ccc(NC(=O)N(C)C)cc4)ccnc3[nH]2)c1. The topological polar surface area (TPSA) is 94.1 Å². The first-order valence-electron chi connectivity index (χ1n) is 13.4. The molecular weight excluding hydrogens is 500 g/mol. The molecule has 0 aliphatic carbocycles. The minimum atomic E-state index is -0.166. The minimum Gasteiger partial charge on any atom is -0.339 e. The third-order valence-electron chi connectivity index (χ3n) is 6.79. The molecule has 0 aliphatic heterocycles. The van der Waals surface area contributed by atoms with Gasteiger partial charge in [-0.15, -0.1) is 0 Å². The zero-order chi connectivity index (χ0) is 28.2. The highest BCUT2D eigenvalue weighted by Gasteiger charge is 2.18. The van der Waals surface area contributed by atoms with Gasteiger partial charge < -0.3 is 25.4 Å². The number of nitrogens with zero attached hydrogens (tertiary/aromatic N) is 5. The predicted octanol–water partition coefficient (Wildman–Crippen LogP) is 5.13. The van der Waals surface area contributed by atoms with E-state index in [2.05, 4.69) is 82.2 Å². The van der Waals surface area contributed by atoms with E-state index in [0.717, 1.165) is 70.0 Å². The minimum absolute atomic E-state index is 0.166. The number of likely N-dealkylation sites (N-methyl/N-ethyl adjacent to an activating group) is 1. The van der Waals surface area contributed by atoms with Crippen LogP contribution in [0.1, 0.15) is 5.56 Å². The van der Waals surface area contributed by atoms with Crippen LogP contribution in [0.5, 0.6) is 0 Å². The highest BCUT2D eigenvalue weighted by Crippen LogP contribution is 2.37. The molecule has 0 unspecified atom stereocenters. The molecule has 0 saturated heterocycles. The average molecular weight is 537 g/mol. The molecule has 9 nitrogen and oxygen atoms in total. The van der Waals surface area contributed by atoms with Crippen molar-refractivity contribution in [2.24, 2.45) is 0 Å². The molecule has 2 aromatic carbocycles. The van der Waals surface area contributed by atoms with Gasteiger partial charge in [0, 0.05) is 67.5 Å². The highest BCUT2D eigenvalue weighted by atomic mass is 16.2. The van der Waals surface area contributed by atoms with Gasteiger partial charge in [0.2, 0.25) is 0 Å². The number of anilines is 1. The molecule has 0 spiro atoms. The first kappa shape index (κ1) is 27.1. The molecule has 40 heavy (non-hydrogen) atoms. The van der Waals surface area contributed by atoms with E-state index in [1.54, 1.807) is 14.1 Å². The Hall–Kier alpha value is -4.47. The van der Waals surface area contributed by atoms with E-state index in [0.29, 0.717) is 0 Å². The molecule has 0 radical (unpaired) electrons. The smallest absolute Gasteiger partial charge is 0.321 e. The number of hydrogen-bond acceptors (Lipinski definition) is 5. The summed E-state index contributed by atoms with van der Waals surface area (Å²) in [5.41, 5.74) is 8.89. The standard InChI is InChI=1S/C31H36N8O/c1-32-19-21-7-6-8-23(17-21)28-18-26-25(13-14-33-30(26)35-28)27-20-39(16-15-37(2)3)36-29(27)22-9-11-24(12-10-22)34-31(40)38(4)5/h6-14,17-18,20,32H,15-16,19H2,1-5H3,(H,33,35)(H,34,40). The molecule has 2 amide bonds. The Morgan fingerprint density at radius 2 is 1.77 bits per heavy atom. The molecule has 5 rings (SSSR count). The van der Waals surface area contributed by atoms with Gasteiger partial charge in [-0.25, -0.2) is 9.78 Å². The van der Waals surface area contributed by atoms with Gasteiger partial charge in [0.25, 0.3) is 0 Å². The predicted molar refractivity (Wildman–Crippen MR) is 162 cm³/mol. The lowest BCUT2D eigenvalue weighted by molar-refractivity contribution is 0.230. The summed E-state index contributed by atoms with van der Waals surface area (Å²) in [4.78, 5) is 23.9. The molecule has 0 fully saturated rings. The fourth-order valence-corrected chi connectivity index (χ4v) is 4.67. The van der Waals surface area contributed by atoms with Crippen molar-refractivity contribution in [3.63, 3.8) is 0 Å². The molecule has 3 N–H and O–H groups in total. The van der Waals surface area contributed by atoms with Crippen LogP contribution in [0.2, 0.25) is 0 Å². The van der Waals surface area contributed by atoms with Crippen molar-refractivity contribution in [3.05, 3.63) is 78.6 Å². The van der Waals surface area contributed by atoms with Gasteiger partial charge in [0.1, 0.15) is 11.3 Å². The van der Waals surface area contributed by atoms with Crippen LogP contribution in [-0.2, 0) is 13.1 Å². The Bertz CT molecular complexity index is 1610. The summed E-state index contributed by atoms with van der Waals surface area (Å²) in [6.45, 7) is 2.45. The Morgan fingerprint density at radius 1 is 0.975 bits per heavy atom. The molecule has 0 atom stereocenters. The number of carbonyl (C=O) groups excluding carboxylic acids is 1. The number of aromatic nitrogens is 4. The Kier molecular flexibility index (Phi) is 7.95. The Morgan fingerprint density at radius 3 is 2.50 bits per heavy atom. The van der Waals surface area contributed by atoms with Gasteiger partial charge in [-0.1, -0.05) is 30.3 Å². The van der Waals surface area contributed by atoms with E-state index in [1.807, 2.05) is 42.2 Å². The first-order chi connectivity index (χ1) is 19.3. The molecule has 5 aromatic rings. The summed E-state index contributed by atoms with van der Waals surface area (Å²) in [5.74, 6) is 0. The van der Waals surface area contributed by atoms with Crippen LogP contribution >= 0.6 is 0 Å². The van der Waals surface area contributed by atoms with Crippen molar-refractivity contribution < 1.29 is 4.79 Å². The number of nitrogens with one attached hydrogen (secondary N) is 3. The van der Waals surface area contributed by atoms with Crippen LogP contribution in [0.3, 0.4) is 0 Å². The zero-order valence-corrected chi connectivity index (χ0v) is 23.7. The maximum absolute atomic E-state index is 12.1. The van der Waals surface area contributed by atoms with E-state index in [1.165, 1.54) is 10.5 Å². The maximum Gasteiger partial charge on any atom is 0.321 e. The van der Waals surface area contributed by atoms with Crippen LogP contribution < -0.4 is 10.6 Å². The number of hydrogen-bond donors (Lipinski definition) is 3. The van der Waals surface area contributed by atoms with Crippen LogP contribution in [0.15, 0.2) is 73.1 Å². The van der Waals surface area contributed by atoms with Crippen LogP contribution in [-0.4, -0.2) is 77.4 Å². The van der Waals surface area contributed by atoms with Gasteiger partial charge in [-0.3, -0.25) is 4.68 Å². The molecular formula is C31H36N8O. The summed E-state index contributed by atoms with van der Waals surface area (Å²) in [6.07, 6.45) is 3.96. The van der Waals surface area contributed by atoms with Crippen molar-refractivity contribution in [2.75, 3.05) is 47.1 Å². The van der Waals surface area contributed by atoms with E-state index < -0.39 is 0 Å². The van der Waals surface area contributed by atoms with E-state index in [4.69, 9.17) is 5.10 Å². The summed E-state index contributed by atoms with van der Waals surface area (Å²) < 4.78 is 2.01. The van der Waals surface area contributed by atoms with Crippen molar-refractivity contribution in [2.45, 2.75) is 13.1 Å². The Labute approximate surface area is 234 Å². The number of amides is 2. The van der Waals surface area contributed by atoms with Gasteiger partial charge in [-0.2, -0.15) is 5.10 Å². The van der Waals surface area contributed by atoms with E-state index in [9.17, 15) is 4.79 Å². The lowest BCUT2D eigenvalue weighted by Crippen LogP contribution is -2.27. The van der Waals surface area contributed by atoms with Gasteiger partial charge >= 0.3 is 6.03 Å². The van der Waals surface area contributed by atoms with Crippen molar-refractivity contribution >= 4 is 22.8 Å². The van der Waals surface area contributed by atoms with Gasteiger partial charge in [0.05, 0.1) is 6.54 Å². The number of pyridine rings is 1. The number of carbonyl (C=O) groups is 1. The lowest BCUT2D eigenvalue weighted by Gasteiger charge is -2.12. The lowest BCUT2D eigenvalue weighted by atomic mass is 9.99. The summed E-state index contributed by atoms with van der Waals surface area (Å²) in [6, 6.07) is 20.4. The molecule has 0 bridgehead atoms. The molecule has 3 aromatic heterocycles. The second kappa shape index (κ2) is 11.7.